The van der Waals surface area contributed by atoms with Gasteiger partial charge in [-0.2, -0.15) is 0 Å². The maximum Gasteiger partial charge on any atom is 0.224 e. The Morgan fingerprint density at radius 2 is 1.74 bits per heavy atom. The van der Waals surface area contributed by atoms with Gasteiger partial charge in [-0.3, -0.25) is 4.79 Å². The van der Waals surface area contributed by atoms with E-state index in [1.807, 2.05) is 29.2 Å². The van der Waals surface area contributed by atoms with Gasteiger partial charge >= 0.3 is 0 Å². The van der Waals surface area contributed by atoms with Crippen LogP contribution < -0.4 is 10.2 Å². The van der Waals surface area contributed by atoms with Crippen LogP contribution in [0.15, 0.2) is 54.6 Å². The minimum absolute atomic E-state index is 0.120. The molecule has 3 nitrogen and oxygen atoms in total. The summed E-state index contributed by atoms with van der Waals surface area (Å²) in [6.07, 6.45) is 0.946. The molecule has 3 rings (SSSR count). The summed E-state index contributed by atoms with van der Waals surface area (Å²) in [6.45, 7) is 6.06. The maximum atomic E-state index is 12.2. The van der Waals surface area contributed by atoms with Crippen molar-refractivity contribution in [3.05, 3.63) is 60.2 Å². The average molecular weight is 308 g/mol. The summed E-state index contributed by atoms with van der Waals surface area (Å²) in [4.78, 5) is 14.2. The molecule has 1 aliphatic rings. The summed E-state index contributed by atoms with van der Waals surface area (Å²) >= 11 is 0. The van der Waals surface area contributed by atoms with Crippen LogP contribution in [0.5, 0.6) is 0 Å². The monoisotopic (exact) mass is 308 g/mol. The second-order valence-electron chi connectivity index (χ2n) is 6.27. The fourth-order valence-corrected chi connectivity index (χ4v) is 3.77. The minimum Gasteiger partial charge on any atom is -0.378 e. The zero-order valence-corrected chi connectivity index (χ0v) is 14.0. The number of carbonyl (C=O) groups excluding carboxylic acids is 1. The van der Waals surface area contributed by atoms with Crippen molar-refractivity contribution in [2.75, 3.05) is 10.2 Å². The van der Waals surface area contributed by atoms with E-state index in [4.69, 9.17) is 0 Å². The molecule has 0 spiro atoms. The van der Waals surface area contributed by atoms with Crippen molar-refractivity contribution in [1.29, 1.82) is 0 Å². The number of para-hydroxylation sites is 2. The molecule has 2 unspecified atom stereocenters. The Morgan fingerprint density at radius 3 is 2.39 bits per heavy atom. The van der Waals surface area contributed by atoms with Crippen molar-refractivity contribution in [3.8, 4) is 0 Å². The Hall–Kier alpha value is -2.29. The van der Waals surface area contributed by atoms with Gasteiger partial charge in [0.15, 0.2) is 0 Å². The van der Waals surface area contributed by atoms with Crippen LogP contribution in [0.3, 0.4) is 0 Å². The molecule has 2 aromatic carbocycles. The third-order valence-electron chi connectivity index (χ3n) is 4.85. The van der Waals surface area contributed by atoms with Gasteiger partial charge in [0.05, 0.1) is 6.04 Å². The maximum absolute atomic E-state index is 12.2. The first kappa shape index (κ1) is 15.6. The number of hydrogen-bond donors (Lipinski definition) is 1. The predicted molar refractivity (Wildman–Crippen MR) is 95.7 cm³/mol. The molecule has 2 aromatic rings. The molecular weight excluding hydrogens is 284 g/mol. The molecule has 1 amide bonds. The summed E-state index contributed by atoms with van der Waals surface area (Å²) in [6, 6.07) is 19.0. The second kappa shape index (κ2) is 6.45. The lowest BCUT2D eigenvalue weighted by atomic mass is 9.81. The molecule has 0 fully saturated rings. The lowest BCUT2D eigenvalue weighted by Crippen LogP contribution is -2.49. The number of rotatable bonds is 3. The molecule has 0 aliphatic carbocycles. The summed E-state index contributed by atoms with van der Waals surface area (Å²) in [5.74, 6) is 0.452. The molecule has 1 N–H and O–H groups in total. The number of anilines is 2. The third-order valence-corrected chi connectivity index (χ3v) is 4.85. The largest absolute Gasteiger partial charge is 0.378 e. The molecule has 1 aliphatic heterocycles. The van der Waals surface area contributed by atoms with Crippen molar-refractivity contribution in [2.24, 2.45) is 5.92 Å². The van der Waals surface area contributed by atoms with Crippen LogP contribution in [0.25, 0.3) is 0 Å². The number of hydrogen-bond acceptors (Lipinski definition) is 2. The smallest absolute Gasteiger partial charge is 0.224 e. The first-order valence-corrected chi connectivity index (χ1v) is 8.33. The molecular formula is C20H24N2O. The summed E-state index contributed by atoms with van der Waals surface area (Å²) in [5, 5.41) is 3.67. The van der Waals surface area contributed by atoms with Crippen LogP contribution in [-0.4, -0.2) is 11.9 Å². The van der Waals surface area contributed by atoms with E-state index in [0.717, 1.165) is 17.8 Å². The SMILES string of the molecule is CCC1[C@@H](C)C(Nc2ccccc2)c2ccccc2N1C(C)=O. The molecule has 0 saturated heterocycles. The highest BCUT2D eigenvalue weighted by molar-refractivity contribution is 5.94. The average Bonchev–Trinajstić information content (AvgIpc) is 2.57. The Kier molecular flexibility index (Phi) is 4.37. The zero-order valence-electron chi connectivity index (χ0n) is 14.0. The van der Waals surface area contributed by atoms with E-state index in [-0.39, 0.29) is 18.0 Å². The van der Waals surface area contributed by atoms with E-state index < -0.39 is 0 Å². The Bertz CT molecular complexity index is 683. The van der Waals surface area contributed by atoms with Crippen molar-refractivity contribution in [3.63, 3.8) is 0 Å². The van der Waals surface area contributed by atoms with Gasteiger partial charge in [0.25, 0.3) is 0 Å². The molecule has 3 heteroatoms. The van der Waals surface area contributed by atoms with Gasteiger partial charge in [-0.1, -0.05) is 50.2 Å². The van der Waals surface area contributed by atoms with Crippen molar-refractivity contribution >= 4 is 17.3 Å². The van der Waals surface area contributed by atoms with Crippen LogP contribution in [0.1, 0.15) is 38.8 Å². The molecule has 0 radical (unpaired) electrons. The fraction of sp³-hybridized carbons (Fsp3) is 0.350. The van der Waals surface area contributed by atoms with E-state index >= 15 is 0 Å². The van der Waals surface area contributed by atoms with E-state index in [9.17, 15) is 4.79 Å². The summed E-state index contributed by atoms with van der Waals surface area (Å²) in [7, 11) is 0. The third kappa shape index (κ3) is 2.83. The highest BCUT2D eigenvalue weighted by atomic mass is 16.2. The van der Waals surface area contributed by atoms with Crippen molar-refractivity contribution in [2.45, 2.75) is 39.3 Å². The topological polar surface area (TPSA) is 32.3 Å². The normalized spacial score (nSPS) is 23.3. The van der Waals surface area contributed by atoms with Crippen LogP contribution in [0.4, 0.5) is 11.4 Å². The van der Waals surface area contributed by atoms with Gasteiger partial charge in [-0.15, -0.1) is 0 Å². The Morgan fingerprint density at radius 1 is 1.09 bits per heavy atom. The van der Waals surface area contributed by atoms with E-state index in [0.29, 0.717) is 5.92 Å². The number of carbonyl (C=O) groups is 1. The first-order valence-electron chi connectivity index (χ1n) is 8.33. The molecule has 0 bridgehead atoms. The Labute approximate surface area is 138 Å². The number of nitrogens with zero attached hydrogens (tertiary/aromatic N) is 1. The Balaban J connectivity index is 2.05. The first-order chi connectivity index (χ1) is 11.1. The van der Waals surface area contributed by atoms with Crippen molar-refractivity contribution in [1.82, 2.24) is 0 Å². The van der Waals surface area contributed by atoms with E-state index in [2.05, 4.69) is 49.5 Å². The quantitative estimate of drug-likeness (QED) is 0.897. The van der Waals surface area contributed by atoms with Crippen LogP contribution >= 0.6 is 0 Å². The lowest BCUT2D eigenvalue weighted by molar-refractivity contribution is -0.117. The fourth-order valence-electron chi connectivity index (χ4n) is 3.77. The van der Waals surface area contributed by atoms with E-state index in [1.54, 1.807) is 6.92 Å². The number of amides is 1. The molecule has 0 aromatic heterocycles. The van der Waals surface area contributed by atoms with Crippen LogP contribution in [-0.2, 0) is 4.79 Å². The molecule has 3 atom stereocenters. The van der Waals surface area contributed by atoms with Gasteiger partial charge in [-0.25, -0.2) is 0 Å². The van der Waals surface area contributed by atoms with E-state index in [1.165, 1.54) is 5.56 Å². The van der Waals surface area contributed by atoms with Crippen LogP contribution in [0, 0.1) is 5.92 Å². The van der Waals surface area contributed by atoms with Gasteiger partial charge in [-0.05, 0) is 30.2 Å². The van der Waals surface area contributed by atoms with Crippen molar-refractivity contribution < 1.29 is 4.79 Å². The molecule has 0 saturated carbocycles. The van der Waals surface area contributed by atoms with Gasteiger partial charge in [0, 0.05) is 30.3 Å². The van der Waals surface area contributed by atoms with Gasteiger partial charge < -0.3 is 10.2 Å². The zero-order chi connectivity index (χ0) is 16.4. The molecule has 23 heavy (non-hydrogen) atoms. The summed E-state index contributed by atoms with van der Waals surface area (Å²) < 4.78 is 0. The predicted octanol–water partition coefficient (Wildman–Crippen LogP) is 4.62. The highest BCUT2D eigenvalue weighted by Gasteiger charge is 2.39. The highest BCUT2D eigenvalue weighted by Crippen LogP contribution is 2.43. The molecule has 120 valence electrons. The second-order valence-corrected chi connectivity index (χ2v) is 6.27. The molecule has 1 heterocycles. The number of nitrogens with one attached hydrogen (secondary N) is 1. The van der Waals surface area contributed by atoms with Crippen LogP contribution in [0.2, 0.25) is 0 Å². The number of fused-ring (bicyclic) bond motifs is 1. The lowest BCUT2D eigenvalue weighted by Gasteiger charge is -2.45. The number of benzene rings is 2. The summed E-state index contributed by atoms with van der Waals surface area (Å²) in [5.41, 5.74) is 3.35. The van der Waals surface area contributed by atoms with Gasteiger partial charge in [0.1, 0.15) is 0 Å². The van der Waals surface area contributed by atoms with Gasteiger partial charge in [0.2, 0.25) is 5.91 Å². The minimum atomic E-state index is 0.120. The standard InChI is InChI=1S/C20H24N2O/c1-4-18-14(2)20(21-16-10-6-5-7-11-16)17-12-8-9-13-19(17)22(18)15(3)23/h5-14,18,20-21H,4H2,1-3H3/t14-,18?,20?/m1/s1.